The molecular weight excluding hydrogens is 467 g/mol. The van der Waals surface area contributed by atoms with Gasteiger partial charge in [-0.15, -0.1) is 0 Å². The molecular formula is C23H20Cl2N4O2S. The van der Waals surface area contributed by atoms with E-state index in [1.165, 1.54) is 24.3 Å². The molecule has 0 aliphatic rings. The molecule has 0 aliphatic heterocycles. The Kier molecular flexibility index (Phi) is 6.64. The minimum Gasteiger partial charge on any atom is -0.299 e. The SMILES string of the molecule is CNC(NS(=O)(=O)c1ccc(Cl)cc1)c1cc(-c2ccccc2)n(-c2ccc(Cl)cc2)n1. The number of benzene rings is 3. The van der Waals surface area contributed by atoms with E-state index in [2.05, 4.69) is 10.0 Å². The van der Waals surface area contributed by atoms with E-state index < -0.39 is 16.2 Å². The summed E-state index contributed by atoms with van der Waals surface area (Å²) in [6.07, 6.45) is -0.758. The highest BCUT2D eigenvalue weighted by atomic mass is 35.5. The lowest BCUT2D eigenvalue weighted by Gasteiger charge is -2.16. The molecule has 1 heterocycles. The first-order chi connectivity index (χ1) is 15.4. The maximum atomic E-state index is 12.9. The molecule has 0 aliphatic carbocycles. The summed E-state index contributed by atoms with van der Waals surface area (Å²) in [6.45, 7) is 0. The van der Waals surface area contributed by atoms with Crippen molar-refractivity contribution in [1.29, 1.82) is 0 Å². The fraction of sp³-hybridized carbons (Fsp3) is 0.0870. The molecule has 1 unspecified atom stereocenters. The van der Waals surface area contributed by atoms with Gasteiger partial charge in [-0.1, -0.05) is 53.5 Å². The Morgan fingerprint density at radius 3 is 2.06 bits per heavy atom. The molecule has 164 valence electrons. The Bertz CT molecular complexity index is 1310. The number of nitrogens with one attached hydrogen (secondary N) is 2. The van der Waals surface area contributed by atoms with Crippen LogP contribution in [-0.4, -0.2) is 25.2 Å². The normalized spacial score (nSPS) is 12.6. The van der Waals surface area contributed by atoms with Crippen LogP contribution in [-0.2, 0) is 10.0 Å². The van der Waals surface area contributed by atoms with Crippen molar-refractivity contribution < 1.29 is 8.42 Å². The van der Waals surface area contributed by atoms with Gasteiger partial charge in [0, 0.05) is 15.6 Å². The lowest BCUT2D eigenvalue weighted by atomic mass is 10.1. The molecule has 0 radical (unpaired) electrons. The molecule has 4 rings (SSSR count). The minimum atomic E-state index is -3.81. The van der Waals surface area contributed by atoms with Gasteiger partial charge in [0.2, 0.25) is 10.0 Å². The van der Waals surface area contributed by atoms with Crippen LogP contribution in [0.1, 0.15) is 11.9 Å². The summed E-state index contributed by atoms with van der Waals surface area (Å²) in [4.78, 5) is 0.113. The zero-order valence-corrected chi connectivity index (χ0v) is 19.4. The molecule has 3 aromatic carbocycles. The maximum Gasteiger partial charge on any atom is 0.242 e. The molecule has 0 fully saturated rings. The summed E-state index contributed by atoms with van der Waals surface area (Å²) in [6, 6.07) is 24.9. The monoisotopic (exact) mass is 486 g/mol. The van der Waals surface area contributed by atoms with Gasteiger partial charge in [-0.3, -0.25) is 5.32 Å². The molecule has 0 saturated heterocycles. The Morgan fingerprint density at radius 1 is 0.875 bits per heavy atom. The van der Waals surface area contributed by atoms with Crippen LogP contribution in [0, 0.1) is 0 Å². The third-order valence-electron chi connectivity index (χ3n) is 4.85. The number of hydrogen-bond donors (Lipinski definition) is 2. The van der Waals surface area contributed by atoms with Gasteiger partial charge in [-0.05, 0) is 61.6 Å². The Balaban J connectivity index is 1.75. The molecule has 2 N–H and O–H groups in total. The van der Waals surface area contributed by atoms with E-state index in [1.807, 2.05) is 48.5 Å². The van der Waals surface area contributed by atoms with Crippen LogP contribution in [0.2, 0.25) is 10.0 Å². The predicted molar refractivity (Wildman–Crippen MR) is 128 cm³/mol. The van der Waals surface area contributed by atoms with Crippen LogP contribution in [0.5, 0.6) is 0 Å². The molecule has 32 heavy (non-hydrogen) atoms. The lowest BCUT2D eigenvalue weighted by molar-refractivity contribution is 0.513. The third-order valence-corrected chi connectivity index (χ3v) is 6.79. The molecule has 0 saturated carbocycles. The predicted octanol–water partition coefficient (Wildman–Crippen LogP) is 5.04. The molecule has 0 amide bonds. The van der Waals surface area contributed by atoms with Gasteiger partial charge in [0.05, 0.1) is 22.0 Å². The quantitative estimate of drug-likeness (QED) is 0.358. The Morgan fingerprint density at radius 2 is 1.47 bits per heavy atom. The highest BCUT2D eigenvalue weighted by molar-refractivity contribution is 7.89. The van der Waals surface area contributed by atoms with Gasteiger partial charge in [0.25, 0.3) is 0 Å². The summed E-state index contributed by atoms with van der Waals surface area (Å²) >= 11 is 11.9. The van der Waals surface area contributed by atoms with Crippen LogP contribution in [0.15, 0.2) is 89.8 Å². The van der Waals surface area contributed by atoms with Crippen LogP contribution >= 0.6 is 23.2 Å². The largest absolute Gasteiger partial charge is 0.299 e. The Hall–Kier alpha value is -2.68. The Labute approximate surface area is 196 Å². The van der Waals surface area contributed by atoms with Gasteiger partial charge in [0.1, 0.15) is 6.17 Å². The topological polar surface area (TPSA) is 76.0 Å². The van der Waals surface area contributed by atoms with Crippen molar-refractivity contribution in [2.75, 3.05) is 7.05 Å². The second-order valence-corrected chi connectivity index (χ2v) is 9.59. The van der Waals surface area contributed by atoms with Crippen molar-refractivity contribution in [3.8, 4) is 16.9 Å². The minimum absolute atomic E-state index is 0.113. The maximum absolute atomic E-state index is 12.9. The average molecular weight is 487 g/mol. The van der Waals surface area contributed by atoms with E-state index in [9.17, 15) is 8.42 Å². The number of aromatic nitrogens is 2. The highest BCUT2D eigenvalue weighted by Crippen LogP contribution is 2.27. The van der Waals surface area contributed by atoms with E-state index in [4.69, 9.17) is 28.3 Å². The van der Waals surface area contributed by atoms with Gasteiger partial charge < -0.3 is 0 Å². The first-order valence-electron chi connectivity index (χ1n) is 9.74. The van der Waals surface area contributed by atoms with Crippen molar-refractivity contribution in [3.63, 3.8) is 0 Å². The first-order valence-corrected chi connectivity index (χ1v) is 12.0. The lowest BCUT2D eigenvalue weighted by Crippen LogP contribution is -2.36. The molecule has 6 nitrogen and oxygen atoms in total. The number of hydrogen-bond acceptors (Lipinski definition) is 4. The highest BCUT2D eigenvalue weighted by Gasteiger charge is 2.24. The molecule has 4 aromatic rings. The molecule has 1 atom stereocenters. The summed E-state index contributed by atoms with van der Waals surface area (Å²) in [5.74, 6) is 0. The summed E-state index contributed by atoms with van der Waals surface area (Å²) in [7, 11) is -2.15. The van der Waals surface area contributed by atoms with E-state index in [1.54, 1.807) is 23.9 Å². The van der Waals surface area contributed by atoms with E-state index in [-0.39, 0.29) is 4.90 Å². The van der Waals surface area contributed by atoms with Gasteiger partial charge >= 0.3 is 0 Å². The number of halogens is 2. The van der Waals surface area contributed by atoms with Crippen molar-refractivity contribution in [1.82, 2.24) is 19.8 Å². The van der Waals surface area contributed by atoms with Crippen molar-refractivity contribution >= 4 is 33.2 Å². The fourth-order valence-corrected chi connectivity index (χ4v) is 4.67. The first kappa shape index (κ1) is 22.5. The van der Waals surface area contributed by atoms with Gasteiger partial charge in [-0.25, -0.2) is 13.1 Å². The number of sulfonamides is 1. The molecule has 1 aromatic heterocycles. The second kappa shape index (κ2) is 9.44. The zero-order chi connectivity index (χ0) is 22.7. The molecule has 0 bridgehead atoms. The molecule has 0 spiro atoms. The smallest absolute Gasteiger partial charge is 0.242 e. The number of rotatable bonds is 7. The van der Waals surface area contributed by atoms with Crippen LogP contribution in [0.4, 0.5) is 0 Å². The van der Waals surface area contributed by atoms with Crippen LogP contribution in [0.3, 0.4) is 0 Å². The third kappa shape index (κ3) is 4.87. The summed E-state index contributed by atoms with van der Waals surface area (Å²) < 4.78 is 30.3. The van der Waals surface area contributed by atoms with Crippen molar-refractivity contribution in [2.24, 2.45) is 0 Å². The average Bonchev–Trinajstić information content (AvgIpc) is 3.24. The summed E-state index contributed by atoms with van der Waals surface area (Å²) in [5.41, 5.74) is 3.07. The van der Waals surface area contributed by atoms with E-state index in [0.717, 1.165) is 16.9 Å². The zero-order valence-electron chi connectivity index (χ0n) is 17.0. The summed E-state index contributed by atoms with van der Waals surface area (Å²) in [5, 5.41) is 8.79. The van der Waals surface area contributed by atoms with Crippen LogP contribution in [0.25, 0.3) is 16.9 Å². The standard InChI is InChI=1S/C23H20Cl2N4O2S/c1-26-23(28-32(30,31)20-13-9-18(25)10-14-20)21-15-22(16-5-3-2-4-6-16)29(27-21)19-11-7-17(24)8-12-19/h2-15,23,26,28H,1H3. The second-order valence-electron chi connectivity index (χ2n) is 7.01. The number of nitrogens with zero attached hydrogens (tertiary/aromatic N) is 2. The van der Waals surface area contributed by atoms with Crippen LogP contribution < -0.4 is 10.0 Å². The fourth-order valence-electron chi connectivity index (χ4n) is 3.24. The van der Waals surface area contributed by atoms with E-state index in [0.29, 0.717) is 15.7 Å². The molecule has 9 heteroatoms. The van der Waals surface area contributed by atoms with Crippen molar-refractivity contribution in [2.45, 2.75) is 11.1 Å². The van der Waals surface area contributed by atoms with Gasteiger partial charge in [-0.2, -0.15) is 9.82 Å². The van der Waals surface area contributed by atoms with Gasteiger partial charge in [0.15, 0.2) is 0 Å². The van der Waals surface area contributed by atoms with Crippen molar-refractivity contribution in [3.05, 3.63) is 101 Å². The van der Waals surface area contributed by atoms with E-state index >= 15 is 0 Å².